The van der Waals surface area contributed by atoms with Crippen LogP contribution in [-0.2, 0) is 9.59 Å². The van der Waals surface area contributed by atoms with Gasteiger partial charge in [-0.25, -0.2) is 9.79 Å². The molecule has 1 amide bonds. The maximum absolute atomic E-state index is 12.1. The summed E-state index contributed by atoms with van der Waals surface area (Å²) in [6.07, 6.45) is 0. The number of carboxylic acids is 1. The van der Waals surface area contributed by atoms with Gasteiger partial charge in [-0.2, -0.15) is 0 Å². The van der Waals surface area contributed by atoms with Crippen LogP contribution in [0.5, 0.6) is 5.75 Å². The van der Waals surface area contributed by atoms with Crippen LogP contribution < -0.4 is 4.74 Å². The zero-order chi connectivity index (χ0) is 15.9. The highest BCUT2D eigenvalue weighted by Gasteiger charge is 2.57. The number of rotatable bonds is 4. The average molecular weight is 318 g/mol. The molecule has 2 heterocycles. The standard InChI is InChI=1S/C15H14N2O4S/c1-8(2)11(14(19)20)17-12(18)10-13(17)22-15(16-10)21-9-6-4-3-5-7-9/h3-7,10-11,13H,1H2,2H3,(H,19,20). The molecule has 3 rings (SSSR count). The van der Waals surface area contributed by atoms with Gasteiger partial charge in [-0.15, -0.1) is 0 Å². The Hall–Kier alpha value is -2.28. The molecular weight excluding hydrogens is 304 g/mol. The van der Waals surface area contributed by atoms with Crippen molar-refractivity contribution in [1.82, 2.24) is 4.90 Å². The van der Waals surface area contributed by atoms with E-state index in [2.05, 4.69) is 11.6 Å². The minimum atomic E-state index is -1.09. The average Bonchev–Trinajstić information content (AvgIpc) is 2.84. The van der Waals surface area contributed by atoms with E-state index in [4.69, 9.17) is 4.74 Å². The number of carboxylic acid groups (broad SMARTS) is 1. The first-order valence-electron chi connectivity index (χ1n) is 6.67. The first kappa shape index (κ1) is 14.6. The minimum absolute atomic E-state index is 0.306. The molecule has 3 atom stereocenters. The number of hydrogen-bond acceptors (Lipinski definition) is 5. The summed E-state index contributed by atoms with van der Waals surface area (Å²) in [5.41, 5.74) is 0.414. The molecule has 7 heteroatoms. The molecule has 114 valence electrons. The van der Waals surface area contributed by atoms with Crippen LogP contribution >= 0.6 is 11.8 Å². The summed E-state index contributed by atoms with van der Waals surface area (Å²) in [5.74, 6) is -0.763. The van der Waals surface area contributed by atoms with Crippen molar-refractivity contribution in [3.8, 4) is 5.75 Å². The molecule has 22 heavy (non-hydrogen) atoms. The summed E-state index contributed by atoms with van der Waals surface area (Å²) in [6.45, 7) is 5.26. The van der Waals surface area contributed by atoms with Crippen molar-refractivity contribution in [1.29, 1.82) is 0 Å². The van der Waals surface area contributed by atoms with E-state index in [0.717, 1.165) is 0 Å². The monoisotopic (exact) mass is 318 g/mol. The Labute approximate surface area is 131 Å². The maximum atomic E-state index is 12.1. The largest absolute Gasteiger partial charge is 0.479 e. The topological polar surface area (TPSA) is 79.2 Å². The molecule has 0 bridgehead atoms. The van der Waals surface area contributed by atoms with Crippen molar-refractivity contribution < 1.29 is 19.4 Å². The van der Waals surface area contributed by atoms with E-state index in [1.54, 1.807) is 19.1 Å². The molecule has 1 N–H and O–H groups in total. The zero-order valence-electron chi connectivity index (χ0n) is 11.8. The number of fused-ring (bicyclic) bond motifs is 1. The number of ether oxygens (including phenoxy) is 1. The maximum Gasteiger partial charge on any atom is 0.330 e. The van der Waals surface area contributed by atoms with E-state index in [1.807, 2.05) is 18.2 Å². The van der Waals surface area contributed by atoms with E-state index in [9.17, 15) is 14.7 Å². The Kier molecular flexibility index (Phi) is 3.66. The molecule has 0 saturated carbocycles. The lowest BCUT2D eigenvalue weighted by Crippen LogP contribution is -2.66. The summed E-state index contributed by atoms with van der Waals surface area (Å²) in [5, 5.41) is 9.32. The predicted octanol–water partition coefficient (Wildman–Crippen LogP) is 1.73. The van der Waals surface area contributed by atoms with Gasteiger partial charge in [0.25, 0.3) is 11.1 Å². The number of aliphatic imine (C=N–C) groups is 1. The van der Waals surface area contributed by atoms with E-state index in [-0.39, 0.29) is 11.3 Å². The fraction of sp³-hybridized carbons (Fsp3) is 0.267. The first-order chi connectivity index (χ1) is 10.5. The second-order valence-electron chi connectivity index (χ2n) is 5.10. The van der Waals surface area contributed by atoms with Gasteiger partial charge in [-0.05, 0) is 36.4 Å². The van der Waals surface area contributed by atoms with Gasteiger partial charge in [-0.3, -0.25) is 4.79 Å². The number of aliphatic carboxylic acids is 1. The number of nitrogens with zero attached hydrogens (tertiary/aromatic N) is 2. The number of β-lactam (4-membered cyclic amide) rings is 1. The van der Waals surface area contributed by atoms with Gasteiger partial charge in [-0.1, -0.05) is 24.8 Å². The second-order valence-corrected chi connectivity index (χ2v) is 6.16. The number of para-hydroxylation sites is 1. The Balaban J connectivity index is 1.73. The lowest BCUT2D eigenvalue weighted by atomic mass is 10.0. The third-order valence-corrected chi connectivity index (χ3v) is 4.56. The molecule has 2 aliphatic rings. The molecule has 3 unspecified atom stereocenters. The Morgan fingerprint density at radius 2 is 2.14 bits per heavy atom. The van der Waals surface area contributed by atoms with E-state index < -0.39 is 18.1 Å². The molecule has 1 saturated heterocycles. The fourth-order valence-corrected chi connectivity index (χ4v) is 3.61. The number of likely N-dealkylation sites (tertiary alicyclic amines) is 1. The van der Waals surface area contributed by atoms with Gasteiger partial charge in [0.2, 0.25) is 0 Å². The van der Waals surface area contributed by atoms with Crippen molar-refractivity contribution in [2.45, 2.75) is 24.4 Å². The molecule has 0 aliphatic carbocycles. The number of hydrogen-bond donors (Lipinski definition) is 1. The molecule has 1 fully saturated rings. The molecule has 0 aromatic heterocycles. The van der Waals surface area contributed by atoms with Crippen LogP contribution in [0, 0.1) is 0 Å². The Morgan fingerprint density at radius 1 is 1.45 bits per heavy atom. The van der Waals surface area contributed by atoms with Gasteiger partial charge < -0.3 is 14.7 Å². The highest BCUT2D eigenvalue weighted by molar-refractivity contribution is 8.14. The Bertz CT molecular complexity index is 659. The van der Waals surface area contributed by atoms with E-state index in [0.29, 0.717) is 16.6 Å². The molecule has 0 spiro atoms. The molecule has 0 radical (unpaired) electrons. The van der Waals surface area contributed by atoms with Crippen molar-refractivity contribution in [2.24, 2.45) is 4.99 Å². The highest BCUT2D eigenvalue weighted by Crippen LogP contribution is 2.41. The summed E-state index contributed by atoms with van der Waals surface area (Å²) >= 11 is 1.26. The molecule has 6 nitrogen and oxygen atoms in total. The van der Waals surface area contributed by atoms with Crippen LogP contribution in [0.15, 0.2) is 47.5 Å². The SMILES string of the molecule is C=C(C)C(C(=O)O)N1C(=O)C2N=C(Oc3ccccc3)SC21. The van der Waals surface area contributed by atoms with Gasteiger partial charge in [0, 0.05) is 0 Å². The third kappa shape index (κ3) is 2.37. The van der Waals surface area contributed by atoms with Crippen LogP contribution in [0.1, 0.15) is 6.92 Å². The summed E-state index contributed by atoms with van der Waals surface area (Å²) < 4.78 is 5.62. The first-order valence-corrected chi connectivity index (χ1v) is 7.54. The minimum Gasteiger partial charge on any atom is -0.479 e. The number of carbonyl (C=O) groups excluding carboxylic acids is 1. The van der Waals surface area contributed by atoms with Gasteiger partial charge in [0.15, 0.2) is 12.1 Å². The molecule has 2 aliphatic heterocycles. The quantitative estimate of drug-likeness (QED) is 0.675. The third-order valence-electron chi connectivity index (χ3n) is 3.45. The van der Waals surface area contributed by atoms with Crippen LogP contribution in [-0.4, -0.2) is 44.6 Å². The molecule has 1 aromatic rings. The smallest absolute Gasteiger partial charge is 0.330 e. The van der Waals surface area contributed by atoms with Crippen LogP contribution in [0.3, 0.4) is 0 Å². The number of benzene rings is 1. The number of amides is 1. The van der Waals surface area contributed by atoms with Crippen molar-refractivity contribution in [3.05, 3.63) is 42.5 Å². The van der Waals surface area contributed by atoms with Gasteiger partial charge >= 0.3 is 5.97 Å². The normalized spacial score (nSPS) is 24.1. The molecule has 1 aromatic carbocycles. The summed E-state index contributed by atoms with van der Waals surface area (Å²) in [6, 6.07) is 7.53. The number of carbonyl (C=O) groups is 2. The highest BCUT2D eigenvalue weighted by atomic mass is 32.2. The lowest BCUT2D eigenvalue weighted by Gasteiger charge is -2.44. The zero-order valence-corrected chi connectivity index (χ0v) is 12.6. The van der Waals surface area contributed by atoms with Crippen molar-refractivity contribution in [2.75, 3.05) is 0 Å². The predicted molar refractivity (Wildman–Crippen MR) is 82.8 cm³/mol. The van der Waals surface area contributed by atoms with Crippen molar-refractivity contribution >= 4 is 28.9 Å². The summed E-state index contributed by atoms with van der Waals surface area (Å²) in [4.78, 5) is 29.0. The van der Waals surface area contributed by atoms with Crippen LogP contribution in [0.25, 0.3) is 0 Å². The summed E-state index contributed by atoms with van der Waals surface area (Å²) in [7, 11) is 0. The van der Waals surface area contributed by atoms with E-state index in [1.165, 1.54) is 16.7 Å². The van der Waals surface area contributed by atoms with Crippen LogP contribution in [0.2, 0.25) is 0 Å². The van der Waals surface area contributed by atoms with E-state index >= 15 is 0 Å². The van der Waals surface area contributed by atoms with Gasteiger partial charge in [0.05, 0.1) is 0 Å². The molecular formula is C15H14N2O4S. The fourth-order valence-electron chi connectivity index (χ4n) is 2.44. The van der Waals surface area contributed by atoms with Gasteiger partial charge in [0.1, 0.15) is 11.1 Å². The Morgan fingerprint density at radius 3 is 2.73 bits per heavy atom. The lowest BCUT2D eigenvalue weighted by molar-refractivity contribution is -0.157. The second kappa shape index (κ2) is 5.49. The van der Waals surface area contributed by atoms with Crippen LogP contribution in [0.4, 0.5) is 0 Å². The number of thioether (sulfide) groups is 1. The van der Waals surface area contributed by atoms with Crippen molar-refractivity contribution in [3.63, 3.8) is 0 Å².